The van der Waals surface area contributed by atoms with Gasteiger partial charge in [-0.3, -0.25) is 0 Å². The molecule has 0 fully saturated rings. The Kier molecular flexibility index (Phi) is 3.08. The molecule has 1 nitrogen and oxygen atoms in total. The number of benzene rings is 1. The number of hydrogen-bond donors (Lipinski definition) is 1. The van der Waals surface area contributed by atoms with Gasteiger partial charge in [0.25, 0.3) is 0 Å². The van der Waals surface area contributed by atoms with Crippen LogP contribution in [-0.4, -0.2) is 11.7 Å². The van der Waals surface area contributed by atoms with Crippen LogP contribution >= 0.6 is 0 Å². The summed E-state index contributed by atoms with van der Waals surface area (Å²) in [7, 11) is 0. The fraction of sp³-hybridized carbons (Fsp3) is 0.111. The second kappa shape index (κ2) is 4.09. The summed E-state index contributed by atoms with van der Waals surface area (Å²) < 4.78 is 38.0. The van der Waals surface area contributed by atoms with E-state index < -0.39 is 17.5 Å². The fourth-order valence-corrected chi connectivity index (χ4v) is 0.883. The smallest absolute Gasteiger partial charge is 0.136 e. The maximum atomic E-state index is 12.8. The summed E-state index contributed by atoms with van der Waals surface area (Å²) in [5, 5.41) is 8.36. The molecule has 0 bridgehead atoms. The van der Waals surface area contributed by atoms with E-state index in [0.29, 0.717) is 12.1 Å². The van der Waals surface area contributed by atoms with Crippen molar-refractivity contribution in [1.29, 1.82) is 0 Å². The topological polar surface area (TPSA) is 20.2 Å². The van der Waals surface area contributed by atoms with Crippen LogP contribution in [0.25, 0.3) is 6.08 Å². The molecule has 0 heterocycles. The van der Waals surface area contributed by atoms with Gasteiger partial charge in [0.1, 0.15) is 17.5 Å². The molecule has 0 amide bonds. The minimum atomic E-state index is -0.984. The first-order valence-electron chi connectivity index (χ1n) is 3.57. The highest BCUT2D eigenvalue weighted by Gasteiger charge is 2.07. The fourth-order valence-electron chi connectivity index (χ4n) is 0.883. The molecular formula is C9H7F3O. The average Bonchev–Trinajstić information content (AvgIpc) is 2.02. The van der Waals surface area contributed by atoms with E-state index in [2.05, 4.69) is 0 Å². The molecule has 70 valence electrons. The number of aliphatic hydroxyl groups is 1. The Morgan fingerprint density at radius 3 is 2.15 bits per heavy atom. The molecule has 0 saturated carbocycles. The van der Waals surface area contributed by atoms with E-state index >= 15 is 0 Å². The third kappa shape index (κ3) is 2.32. The standard InChI is InChI=1S/C9H7F3O/c10-6-4-8(11)7(2-1-3-13)9(12)5-6/h1-2,4-5,13H,3H2. The number of rotatable bonds is 2. The molecule has 0 atom stereocenters. The number of hydrogen-bond acceptors (Lipinski definition) is 1. The van der Waals surface area contributed by atoms with Crippen molar-refractivity contribution in [3.05, 3.63) is 41.2 Å². The molecule has 4 heteroatoms. The average molecular weight is 188 g/mol. The van der Waals surface area contributed by atoms with Crippen molar-refractivity contribution in [1.82, 2.24) is 0 Å². The van der Waals surface area contributed by atoms with Crippen LogP contribution in [0.2, 0.25) is 0 Å². The van der Waals surface area contributed by atoms with Crippen LogP contribution in [0.1, 0.15) is 5.56 Å². The Morgan fingerprint density at radius 2 is 1.69 bits per heavy atom. The van der Waals surface area contributed by atoms with Gasteiger partial charge in [0.05, 0.1) is 6.61 Å². The van der Waals surface area contributed by atoms with E-state index in [4.69, 9.17) is 5.11 Å². The predicted molar refractivity (Wildman–Crippen MR) is 42.4 cm³/mol. The highest BCUT2D eigenvalue weighted by molar-refractivity contribution is 5.50. The third-order valence-corrected chi connectivity index (χ3v) is 1.43. The number of aliphatic hydroxyl groups excluding tert-OH is 1. The SMILES string of the molecule is OCC=Cc1c(F)cc(F)cc1F. The van der Waals surface area contributed by atoms with E-state index in [1.54, 1.807) is 0 Å². The van der Waals surface area contributed by atoms with Gasteiger partial charge in [-0.2, -0.15) is 0 Å². The predicted octanol–water partition coefficient (Wildman–Crippen LogP) is 2.11. The summed E-state index contributed by atoms with van der Waals surface area (Å²) in [4.78, 5) is 0. The van der Waals surface area contributed by atoms with Gasteiger partial charge in [-0.05, 0) is 0 Å². The highest BCUT2D eigenvalue weighted by Crippen LogP contribution is 2.15. The van der Waals surface area contributed by atoms with Crippen molar-refractivity contribution < 1.29 is 18.3 Å². The molecule has 0 aliphatic rings. The monoisotopic (exact) mass is 188 g/mol. The Labute approximate surface area is 73.1 Å². The van der Waals surface area contributed by atoms with Crippen LogP contribution in [0.4, 0.5) is 13.2 Å². The van der Waals surface area contributed by atoms with Gasteiger partial charge in [-0.25, -0.2) is 13.2 Å². The normalized spacial score (nSPS) is 11.1. The molecule has 0 radical (unpaired) electrons. The van der Waals surface area contributed by atoms with E-state index in [1.807, 2.05) is 0 Å². The van der Waals surface area contributed by atoms with Crippen LogP contribution in [0, 0.1) is 17.5 Å². The zero-order valence-electron chi connectivity index (χ0n) is 6.60. The van der Waals surface area contributed by atoms with Crippen molar-refractivity contribution >= 4 is 6.08 Å². The zero-order chi connectivity index (χ0) is 9.84. The molecule has 0 spiro atoms. The molecular weight excluding hydrogens is 181 g/mol. The molecule has 0 saturated heterocycles. The van der Waals surface area contributed by atoms with Crippen LogP contribution in [0.3, 0.4) is 0 Å². The third-order valence-electron chi connectivity index (χ3n) is 1.43. The lowest BCUT2D eigenvalue weighted by atomic mass is 10.2. The Morgan fingerprint density at radius 1 is 1.15 bits per heavy atom. The van der Waals surface area contributed by atoms with Crippen LogP contribution in [0.15, 0.2) is 18.2 Å². The first-order valence-corrected chi connectivity index (χ1v) is 3.57. The summed E-state index contributed by atoms with van der Waals surface area (Å²) in [6.45, 7) is -0.323. The summed E-state index contributed by atoms with van der Waals surface area (Å²) in [5.74, 6) is -2.93. The van der Waals surface area contributed by atoms with Crippen molar-refractivity contribution in [2.75, 3.05) is 6.61 Å². The molecule has 1 aromatic carbocycles. The minimum Gasteiger partial charge on any atom is -0.392 e. The van der Waals surface area contributed by atoms with Gasteiger partial charge in [0.2, 0.25) is 0 Å². The molecule has 0 aromatic heterocycles. The van der Waals surface area contributed by atoms with Crippen molar-refractivity contribution in [2.45, 2.75) is 0 Å². The van der Waals surface area contributed by atoms with Crippen LogP contribution < -0.4 is 0 Å². The van der Waals surface area contributed by atoms with Gasteiger partial charge in [0, 0.05) is 17.7 Å². The lowest BCUT2D eigenvalue weighted by Crippen LogP contribution is -1.91. The van der Waals surface area contributed by atoms with Gasteiger partial charge in [-0.15, -0.1) is 0 Å². The van der Waals surface area contributed by atoms with E-state index in [1.165, 1.54) is 6.08 Å². The Hall–Kier alpha value is -1.29. The number of halogens is 3. The summed E-state index contributed by atoms with van der Waals surface area (Å²) in [6, 6.07) is 1.17. The minimum absolute atomic E-state index is 0.323. The summed E-state index contributed by atoms with van der Waals surface area (Å²) >= 11 is 0. The van der Waals surface area contributed by atoms with Crippen LogP contribution in [0.5, 0.6) is 0 Å². The maximum Gasteiger partial charge on any atom is 0.136 e. The quantitative estimate of drug-likeness (QED) is 0.753. The second-order valence-corrected chi connectivity index (χ2v) is 2.37. The summed E-state index contributed by atoms with van der Waals surface area (Å²) in [5.41, 5.74) is -0.351. The second-order valence-electron chi connectivity index (χ2n) is 2.37. The highest BCUT2D eigenvalue weighted by atomic mass is 19.1. The molecule has 1 N–H and O–H groups in total. The van der Waals surface area contributed by atoms with Gasteiger partial charge in [0.15, 0.2) is 0 Å². The molecule has 1 aromatic rings. The molecule has 0 unspecified atom stereocenters. The molecule has 0 aliphatic heterocycles. The first kappa shape index (κ1) is 9.80. The first-order chi connectivity index (χ1) is 6.15. The van der Waals surface area contributed by atoms with Crippen molar-refractivity contribution in [2.24, 2.45) is 0 Å². The largest absolute Gasteiger partial charge is 0.392 e. The maximum absolute atomic E-state index is 12.8. The molecule has 1 rings (SSSR count). The summed E-state index contributed by atoms with van der Waals surface area (Å²) in [6.07, 6.45) is 2.23. The lowest BCUT2D eigenvalue weighted by Gasteiger charge is -1.98. The lowest BCUT2D eigenvalue weighted by molar-refractivity contribution is 0.343. The molecule has 0 aliphatic carbocycles. The van der Waals surface area contributed by atoms with Gasteiger partial charge >= 0.3 is 0 Å². The van der Waals surface area contributed by atoms with Gasteiger partial charge in [-0.1, -0.05) is 12.2 Å². The van der Waals surface area contributed by atoms with Crippen molar-refractivity contribution in [3.8, 4) is 0 Å². The Balaban J connectivity index is 3.13. The zero-order valence-corrected chi connectivity index (χ0v) is 6.60. The van der Waals surface area contributed by atoms with E-state index in [0.717, 1.165) is 6.08 Å². The van der Waals surface area contributed by atoms with E-state index in [-0.39, 0.29) is 12.2 Å². The molecule has 13 heavy (non-hydrogen) atoms. The Bertz CT molecular complexity index is 311. The van der Waals surface area contributed by atoms with Crippen LogP contribution in [-0.2, 0) is 0 Å². The van der Waals surface area contributed by atoms with Crippen molar-refractivity contribution in [3.63, 3.8) is 0 Å². The van der Waals surface area contributed by atoms with E-state index in [9.17, 15) is 13.2 Å². The van der Waals surface area contributed by atoms with Gasteiger partial charge < -0.3 is 5.11 Å².